The van der Waals surface area contributed by atoms with E-state index in [4.69, 9.17) is 17.8 Å². The summed E-state index contributed by atoms with van der Waals surface area (Å²) < 4.78 is 16.7. The minimum Gasteiger partial charge on any atom is -0.336 e. The van der Waals surface area contributed by atoms with E-state index < -0.39 is 0 Å². The predicted molar refractivity (Wildman–Crippen MR) is 120 cm³/mol. The fourth-order valence-corrected chi connectivity index (χ4v) is 4.55. The van der Waals surface area contributed by atoms with Gasteiger partial charge in [-0.2, -0.15) is 9.04 Å². The van der Waals surface area contributed by atoms with Gasteiger partial charge in [0.15, 0.2) is 24.7 Å². The van der Waals surface area contributed by atoms with Crippen molar-refractivity contribution in [3.05, 3.63) is 65.1 Å². The lowest BCUT2D eigenvalue weighted by Crippen LogP contribution is -2.21. The Labute approximate surface area is 181 Å². The molecule has 0 radical (unpaired) electrons. The number of fused-ring (bicyclic) bond motifs is 1. The van der Waals surface area contributed by atoms with Gasteiger partial charge in [-0.3, -0.25) is 5.10 Å². The van der Waals surface area contributed by atoms with Crippen LogP contribution in [0.25, 0.3) is 0 Å². The van der Waals surface area contributed by atoms with Gasteiger partial charge in [-0.25, -0.2) is 4.39 Å². The van der Waals surface area contributed by atoms with Crippen molar-refractivity contribution >= 4 is 29.6 Å². The Morgan fingerprint density at radius 1 is 1.40 bits per heavy atom. The lowest BCUT2D eigenvalue weighted by Gasteiger charge is -2.15. The summed E-state index contributed by atoms with van der Waals surface area (Å²) in [7, 11) is 0. The number of halogens is 1. The maximum Gasteiger partial charge on any atom is 0.263 e. The number of nitrogens with zero attached hydrogens (tertiary/aromatic N) is 2. The zero-order valence-corrected chi connectivity index (χ0v) is 18.0. The number of benzene rings is 1. The summed E-state index contributed by atoms with van der Waals surface area (Å²) in [5.41, 5.74) is 4.78. The second-order valence-electron chi connectivity index (χ2n) is 8.35. The molecule has 30 heavy (non-hydrogen) atoms. The number of aromatic amines is 1. The quantitative estimate of drug-likeness (QED) is 0.342. The van der Waals surface area contributed by atoms with Gasteiger partial charge in [-0.1, -0.05) is 24.3 Å². The smallest absolute Gasteiger partial charge is 0.263 e. The van der Waals surface area contributed by atoms with Crippen LogP contribution in [0.4, 0.5) is 15.9 Å². The first-order valence-electron chi connectivity index (χ1n) is 10.4. The van der Waals surface area contributed by atoms with Crippen LogP contribution in [-0.4, -0.2) is 26.4 Å². The summed E-state index contributed by atoms with van der Waals surface area (Å²) in [5.74, 6) is 0.949. The average molecular weight is 425 g/mol. The molecule has 1 aromatic heterocycles. The fourth-order valence-electron chi connectivity index (χ4n) is 4.33. The van der Waals surface area contributed by atoms with Crippen LogP contribution in [0.5, 0.6) is 0 Å². The van der Waals surface area contributed by atoms with E-state index in [1.807, 2.05) is 31.2 Å². The first kappa shape index (κ1) is 20.6. The van der Waals surface area contributed by atoms with Crippen LogP contribution in [0, 0.1) is 17.1 Å². The van der Waals surface area contributed by atoms with E-state index in [9.17, 15) is 4.39 Å². The maximum atomic E-state index is 15.0. The van der Waals surface area contributed by atoms with Crippen molar-refractivity contribution in [1.82, 2.24) is 10.2 Å². The van der Waals surface area contributed by atoms with E-state index in [-0.39, 0.29) is 11.7 Å². The Morgan fingerprint density at radius 3 is 3.03 bits per heavy atom. The second kappa shape index (κ2) is 8.60. The average Bonchev–Trinajstić information content (AvgIpc) is 3.38. The minimum absolute atomic E-state index is 0.245. The van der Waals surface area contributed by atoms with Crippen LogP contribution >= 0.6 is 0 Å². The molecule has 1 aliphatic carbocycles. The highest BCUT2D eigenvalue weighted by molar-refractivity contribution is 7.44. The molecule has 3 N–H and O–H groups in total. The third-order valence-corrected chi connectivity index (χ3v) is 6.34. The topological polar surface area (TPSA) is 67.6 Å². The molecule has 0 saturated heterocycles. The van der Waals surface area contributed by atoms with E-state index >= 15 is 0 Å². The molecule has 2 heterocycles. The van der Waals surface area contributed by atoms with Gasteiger partial charge in [0, 0.05) is 35.7 Å². The Morgan fingerprint density at radius 2 is 2.23 bits per heavy atom. The molecule has 1 aromatic carbocycles. The Hall–Kier alpha value is -2.67. The van der Waals surface area contributed by atoms with Gasteiger partial charge in [0.05, 0.1) is 11.3 Å². The van der Waals surface area contributed by atoms with E-state index in [0.29, 0.717) is 35.2 Å². The van der Waals surface area contributed by atoms with Crippen molar-refractivity contribution in [1.29, 1.82) is 5.41 Å². The predicted octanol–water partition coefficient (Wildman–Crippen LogP) is 5.13. The maximum absolute atomic E-state index is 15.0. The van der Waals surface area contributed by atoms with Crippen molar-refractivity contribution in [3.8, 4) is 0 Å². The second-order valence-corrected chi connectivity index (χ2v) is 8.87. The van der Waals surface area contributed by atoms with Gasteiger partial charge < -0.3 is 10.7 Å². The van der Waals surface area contributed by atoms with Crippen LogP contribution in [0.2, 0.25) is 0 Å². The highest BCUT2D eigenvalue weighted by Gasteiger charge is 2.29. The van der Waals surface area contributed by atoms with Crippen molar-refractivity contribution in [2.75, 3.05) is 11.9 Å². The summed E-state index contributed by atoms with van der Waals surface area (Å²) in [5, 5.41) is 18.8. The third kappa shape index (κ3) is 4.41. The number of allylic oxidation sites excluding steroid dienone is 3. The highest BCUT2D eigenvalue weighted by Crippen LogP contribution is 2.39. The first-order valence-corrected chi connectivity index (χ1v) is 10.7. The van der Waals surface area contributed by atoms with Crippen molar-refractivity contribution in [2.45, 2.75) is 45.1 Å². The summed E-state index contributed by atoms with van der Waals surface area (Å²) in [4.78, 5) is 0. The number of anilines is 2. The largest absolute Gasteiger partial charge is 0.336 e. The number of aromatic nitrogens is 2. The Bertz CT molecular complexity index is 1040. The SMILES string of the molecule is C=C(C)/C=C/C(=N)C1CCC(c2cc(Nc3ccc4c(c3F)C[N+](=S)CC4)n[nH]2)C1. The van der Waals surface area contributed by atoms with Gasteiger partial charge in [-0.15, -0.1) is 0 Å². The highest BCUT2D eigenvalue weighted by atomic mass is 32.1. The lowest BCUT2D eigenvalue weighted by molar-refractivity contribution is -0.518. The van der Waals surface area contributed by atoms with Gasteiger partial charge in [0.25, 0.3) is 12.4 Å². The van der Waals surface area contributed by atoms with Crippen LogP contribution in [0.15, 0.2) is 42.5 Å². The van der Waals surface area contributed by atoms with E-state index in [2.05, 4.69) is 22.1 Å². The molecule has 4 rings (SSSR count). The zero-order chi connectivity index (χ0) is 21.3. The molecular formula is C23H27FN5S+. The standard InChI is InChI=1S/C23H27FN5S/c1-14(2)3-7-19(25)16-4-5-17(11-16)21-12-22(28-27-21)26-20-8-6-15-9-10-29(30)13-18(15)23(20)24/h3,6-8,12,16-17,25H,1,4-5,9-11,13H2,2H3,(H2,26,27,28)/q+1/b7-3+,25-19?. The molecule has 2 aliphatic rings. The molecule has 0 amide bonds. The molecule has 2 atom stereocenters. The molecule has 5 nitrogen and oxygen atoms in total. The molecule has 2 unspecified atom stereocenters. The molecule has 156 valence electrons. The Kier molecular flexibility index (Phi) is 5.90. The summed E-state index contributed by atoms with van der Waals surface area (Å²) >= 11 is 5.22. The molecule has 7 heteroatoms. The minimum atomic E-state index is -0.245. The lowest BCUT2D eigenvalue weighted by atomic mass is 9.97. The Balaban J connectivity index is 1.43. The monoisotopic (exact) mass is 424 g/mol. The van der Waals surface area contributed by atoms with Crippen LogP contribution in [-0.2, 0) is 25.4 Å². The molecule has 1 saturated carbocycles. The number of rotatable bonds is 6. The molecule has 0 spiro atoms. The van der Waals surface area contributed by atoms with Crippen molar-refractivity contribution < 1.29 is 8.34 Å². The number of hydrogen-bond donors (Lipinski definition) is 3. The zero-order valence-electron chi connectivity index (χ0n) is 17.2. The first-order chi connectivity index (χ1) is 14.4. The van der Waals surface area contributed by atoms with Crippen LogP contribution < -0.4 is 5.32 Å². The molecule has 0 bridgehead atoms. The molecule has 1 aliphatic heterocycles. The molecule has 1 fully saturated rings. The number of nitrogens with one attached hydrogen (secondary N) is 3. The van der Waals surface area contributed by atoms with Gasteiger partial charge in [0.1, 0.15) is 0 Å². The third-order valence-electron chi connectivity index (χ3n) is 6.03. The summed E-state index contributed by atoms with van der Waals surface area (Å²) in [6.07, 6.45) is 7.45. The van der Waals surface area contributed by atoms with Crippen LogP contribution in [0.1, 0.15) is 48.9 Å². The number of hydrogen-bond acceptors (Lipinski definition) is 4. The summed E-state index contributed by atoms with van der Waals surface area (Å²) in [6, 6.07) is 5.71. The van der Waals surface area contributed by atoms with E-state index in [1.165, 1.54) is 0 Å². The number of H-pyrrole nitrogens is 1. The molecular weight excluding hydrogens is 397 g/mol. The van der Waals surface area contributed by atoms with Crippen LogP contribution in [0.3, 0.4) is 0 Å². The van der Waals surface area contributed by atoms with Gasteiger partial charge in [0.2, 0.25) is 0 Å². The van der Waals surface area contributed by atoms with Gasteiger partial charge in [-0.05, 0) is 43.9 Å². The van der Waals surface area contributed by atoms with E-state index in [0.717, 1.165) is 49.1 Å². The molecule has 2 aromatic rings. The fraction of sp³-hybridized carbons (Fsp3) is 0.391. The van der Waals surface area contributed by atoms with Crippen molar-refractivity contribution in [2.24, 2.45) is 5.92 Å². The normalized spacial score (nSPS) is 21.1. The van der Waals surface area contributed by atoms with Crippen molar-refractivity contribution in [3.63, 3.8) is 0 Å². The van der Waals surface area contributed by atoms with Gasteiger partial charge >= 0.3 is 0 Å². The van der Waals surface area contributed by atoms with E-state index in [1.54, 1.807) is 10.0 Å². The summed E-state index contributed by atoms with van der Waals surface area (Å²) in [6.45, 7) is 7.01.